The van der Waals surface area contributed by atoms with Gasteiger partial charge in [-0.3, -0.25) is 0 Å². The van der Waals surface area contributed by atoms with Crippen LogP contribution in [0, 0.1) is 5.82 Å². The summed E-state index contributed by atoms with van der Waals surface area (Å²) in [7, 11) is 0. The molecule has 2 N–H and O–H groups in total. The highest BCUT2D eigenvalue weighted by atomic mass is 79.9. The molecule has 0 spiro atoms. The Morgan fingerprint density at radius 1 is 1.19 bits per heavy atom. The molecule has 0 saturated carbocycles. The molecule has 3 rings (SSSR count). The van der Waals surface area contributed by atoms with E-state index < -0.39 is 5.82 Å². The van der Waals surface area contributed by atoms with Crippen LogP contribution in [0.2, 0.25) is 5.02 Å². The molecular weight excluding hydrogens is 361 g/mol. The second-order valence-electron chi connectivity index (χ2n) is 4.25. The molecule has 5 nitrogen and oxygen atoms in total. The van der Waals surface area contributed by atoms with Gasteiger partial charge < -0.3 is 5.73 Å². The molecule has 106 valence electrons. The van der Waals surface area contributed by atoms with Crippen molar-refractivity contribution < 1.29 is 4.39 Å². The fourth-order valence-corrected chi connectivity index (χ4v) is 2.34. The SMILES string of the molecule is Nc1ccc(F)c(-c2nnnn2-c2ccc(Cl)c(Br)c2)c1. The molecule has 8 heteroatoms. The van der Waals surface area contributed by atoms with Crippen molar-refractivity contribution in [2.24, 2.45) is 0 Å². The average Bonchev–Trinajstić information content (AvgIpc) is 2.93. The molecule has 0 radical (unpaired) electrons. The summed E-state index contributed by atoms with van der Waals surface area (Å²) in [6.45, 7) is 0. The van der Waals surface area contributed by atoms with E-state index in [0.717, 1.165) is 0 Å². The van der Waals surface area contributed by atoms with Crippen molar-refractivity contribution in [3.05, 3.63) is 51.7 Å². The predicted molar refractivity (Wildman–Crippen MR) is 81.7 cm³/mol. The number of benzene rings is 2. The van der Waals surface area contributed by atoms with Crippen LogP contribution in [0.15, 0.2) is 40.9 Å². The number of nitrogens with two attached hydrogens (primary N) is 1. The number of nitrogens with zero attached hydrogens (tertiary/aromatic N) is 4. The van der Waals surface area contributed by atoms with E-state index in [1.165, 1.54) is 22.9 Å². The summed E-state index contributed by atoms with van der Waals surface area (Å²) in [6.07, 6.45) is 0. The third-order valence-electron chi connectivity index (χ3n) is 2.85. The van der Waals surface area contributed by atoms with E-state index in [-0.39, 0.29) is 11.4 Å². The number of nitrogen functional groups attached to an aromatic ring is 1. The van der Waals surface area contributed by atoms with Gasteiger partial charge in [0.05, 0.1) is 16.3 Å². The molecule has 1 aromatic heterocycles. The van der Waals surface area contributed by atoms with Crippen LogP contribution in [0.3, 0.4) is 0 Å². The molecule has 3 aromatic rings. The van der Waals surface area contributed by atoms with Crippen LogP contribution in [0.4, 0.5) is 10.1 Å². The van der Waals surface area contributed by atoms with Crippen molar-refractivity contribution in [2.45, 2.75) is 0 Å². The van der Waals surface area contributed by atoms with Crippen LogP contribution >= 0.6 is 27.5 Å². The van der Waals surface area contributed by atoms with Crippen molar-refractivity contribution in [2.75, 3.05) is 5.73 Å². The second kappa shape index (κ2) is 5.42. The third-order valence-corrected chi connectivity index (χ3v) is 4.06. The molecule has 0 atom stereocenters. The Kier molecular flexibility index (Phi) is 3.60. The molecular formula is C13H8BrClFN5. The Balaban J connectivity index is 2.17. The Morgan fingerprint density at radius 2 is 2.00 bits per heavy atom. The van der Waals surface area contributed by atoms with Crippen molar-refractivity contribution in [1.82, 2.24) is 20.2 Å². The van der Waals surface area contributed by atoms with Crippen LogP contribution < -0.4 is 5.73 Å². The van der Waals surface area contributed by atoms with Gasteiger partial charge in [0.25, 0.3) is 0 Å². The van der Waals surface area contributed by atoms with Gasteiger partial charge in [-0.2, -0.15) is 4.68 Å². The van der Waals surface area contributed by atoms with Gasteiger partial charge in [-0.05, 0) is 62.8 Å². The van der Waals surface area contributed by atoms with E-state index >= 15 is 0 Å². The summed E-state index contributed by atoms with van der Waals surface area (Å²) in [5.41, 5.74) is 7.00. The van der Waals surface area contributed by atoms with Gasteiger partial charge >= 0.3 is 0 Å². The number of hydrogen-bond donors (Lipinski definition) is 1. The maximum atomic E-state index is 14.0. The molecule has 0 amide bonds. The normalized spacial score (nSPS) is 10.8. The molecule has 0 bridgehead atoms. The lowest BCUT2D eigenvalue weighted by atomic mass is 10.1. The maximum Gasteiger partial charge on any atom is 0.190 e. The largest absolute Gasteiger partial charge is 0.399 e. The summed E-state index contributed by atoms with van der Waals surface area (Å²) in [5, 5.41) is 11.9. The van der Waals surface area contributed by atoms with Crippen molar-refractivity contribution in [3.8, 4) is 17.1 Å². The molecule has 0 aliphatic carbocycles. The highest BCUT2D eigenvalue weighted by molar-refractivity contribution is 9.10. The fourth-order valence-electron chi connectivity index (χ4n) is 1.86. The first-order chi connectivity index (χ1) is 10.1. The Hall–Kier alpha value is -1.99. The molecule has 21 heavy (non-hydrogen) atoms. The molecule has 0 aliphatic heterocycles. The monoisotopic (exact) mass is 367 g/mol. The highest BCUT2D eigenvalue weighted by Gasteiger charge is 2.15. The molecule has 0 aliphatic rings. The smallest absolute Gasteiger partial charge is 0.190 e. The molecule has 0 saturated heterocycles. The van der Waals surface area contributed by atoms with Crippen LogP contribution in [-0.2, 0) is 0 Å². The minimum Gasteiger partial charge on any atom is -0.399 e. The standard InChI is InChI=1S/C13H8BrClFN5/c14-10-6-8(2-3-11(10)15)21-13(18-19-20-21)9-5-7(17)1-4-12(9)16/h1-6H,17H2. The Bertz CT molecular complexity index is 820. The third kappa shape index (κ3) is 2.62. The second-order valence-corrected chi connectivity index (χ2v) is 5.51. The van der Waals surface area contributed by atoms with Gasteiger partial charge in [0, 0.05) is 10.2 Å². The van der Waals surface area contributed by atoms with Gasteiger partial charge in [0.15, 0.2) is 5.82 Å². The lowest BCUT2D eigenvalue weighted by molar-refractivity contribution is 0.629. The van der Waals surface area contributed by atoms with Gasteiger partial charge in [0.1, 0.15) is 5.82 Å². The van der Waals surface area contributed by atoms with E-state index in [0.29, 0.717) is 20.9 Å². The van der Waals surface area contributed by atoms with E-state index in [2.05, 4.69) is 31.5 Å². The van der Waals surface area contributed by atoms with Crippen LogP contribution in [0.1, 0.15) is 0 Å². The highest BCUT2D eigenvalue weighted by Crippen LogP contribution is 2.28. The summed E-state index contributed by atoms with van der Waals surface area (Å²) >= 11 is 9.29. The zero-order valence-corrected chi connectivity index (χ0v) is 12.8. The number of hydrogen-bond acceptors (Lipinski definition) is 4. The first kappa shape index (κ1) is 14.0. The molecule has 0 fully saturated rings. The first-order valence-electron chi connectivity index (χ1n) is 5.85. The minimum absolute atomic E-state index is 0.228. The summed E-state index contributed by atoms with van der Waals surface area (Å²) < 4.78 is 16.1. The fraction of sp³-hybridized carbons (Fsp3) is 0. The van der Waals surface area contributed by atoms with Crippen molar-refractivity contribution >= 4 is 33.2 Å². The van der Waals surface area contributed by atoms with Gasteiger partial charge in [-0.15, -0.1) is 5.10 Å². The van der Waals surface area contributed by atoms with Crippen molar-refractivity contribution in [3.63, 3.8) is 0 Å². The molecule has 0 unspecified atom stereocenters. The van der Waals surface area contributed by atoms with Gasteiger partial charge in [-0.1, -0.05) is 11.6 Å². The van der Waals surface area contributed by atoms with Crippen LogP contribution in [0.25, 0.3) is 17.1 Å². The van der Waals surface area contributed by atoms with Gasteiger partial charge in [-0.25, -0.2) is 4.39 Å². The molecule has 2 aromatic carbocycles. The summed E-state index contributed by atoms with van der Waals surface area (Å²) in [4.78, 5) is 0. The quantitative estimate of drug-likeness (QED) is 0.703. The number of rotatable bonds is 2. The zero-order chi connectivity index (χ0) is 15.0. The lowest BCUT2D eigenvalue weighted by Gasteiger charge is -2.07. The average molecular weight is 369 g/mol. The topological polar surface area (TPSA) is 69.6 Å². The summed E-state index contributed by atoms with van der Waals surface area (Å²) in [5.74, 6) is -0.192. The predicted octanol–water partition coefficient (Wildman–Crippen LogP) is 3.47. The van der Waals surface area contributed by atoms with E-state index in [1.54, 1.807) is 18.2 Å². The van der Waals surface area contributed by atoms with Gasteiger partial charge in [0.2, 0.25) is 0 Å². The Morgan fingerprint density at radius 3 is 2.76 bits per heavy atom. The lowest BCUT2D eigenvalue weighted by Crippen LogP contribution is -2.01. The molecule has 1 heterocycles. The zero-order valence-electron chi connectivity index (χ0n) is 10.5. The van der Waals surface area contributed by atoms with Crippen molar-refractivity contribution in [1.29, 1.82) is 0 Å². The summed E-state index contributed by atoms with van der Waals surface area (Å²) in [6, 6.07) is 9.42. The maximum absolute atomic E-state index is 14.0. The number of aromatic nitrogens is 4. The number of tetrazole rings is 1. The minimum atomic E-state index is -0.451. The van der Waals surface area contributed by atoms with Crippen LogP contribution in [-0.4, -0.2) is 20.2 Å². The number of anilines is 1. The number of halogens is 3. The van der Waals surface area contributed by atoms with Crippen LogP contribution in [0.5, 0.6) is 0 Å². The first-order valence-corrected chi connectivity index (χ1v) is 7.02. The van der Waals surface area contributed by atoms with E-state index in [1.807, 2.05) is 0 Å². The van der Waals surface area contributed by atoms with E-state index in [9.17, 15) is 4.39 Å². The Labute approximate surface area is 132 Å². The van der Waals surface area contributed by atoms with E-state index in [4.69, 9.17) is 17.3 Å².